The molecule has 0 radical (unpaired) electrons. The van der Waals surface area contributed by atoms with Crippen molar-refractivity contribution in [1.29, 1.82) is 0 Å². The van der Waals surface area contributed by atoms with Crippen molar-refractivity contribution in [3.05, 3.63) is 29.8 Å². The molecule has 0 bridgehead atoms. The molecule has 2 aliphatic carbocycles. The van der Waals surface area contributed by atoms with E-state index in [1.165, 1.54) is 38.5 Å². The van der Waals surface area contributed by atoms with E-state index in [1.54, 1.807) is 24.3 Å². The zero-order valence-electron chi connectivity index (χ0n) is 15.5. The summed E-state index contributed by atoms with van der Waals surface area (Å²) < 4.78 is 5.55. The molecule has 0 aromatic heterocycles. The predicted molar refractivity (Wildman–Crippen MR) is 101 cm³/mol. The molecule has 0 saturated heterocycles. The maximum atomic E-state index is 12.3. The Morgan fingerprint density at radius 1 is 0.808 bits per heavy atom. The molecule has 5 nitrogen and oxygen atoms in total. The first-order valence-electron chi connectivity index (χ1n) is 10.0. The molecule has 0 unspecified atom stereocenters. The highest BCUT2D eigenvalue weighted by Crippen LogP contribution is 2.19. The smallest absolute Gasteiger partial charge is 0.258 e. The quantitative estimate of drug-likeness (QED) is 0.817. The van der Waals surface area contributed by atoms with Crippen molar-refractivity contribution in [3.8, 4) is 5.75 Å². The Hall–Kier alpha value is -2.04. The van der Waals surface area contributed by atoms with Crippen LogP contribution in [0.4, 0.5) is 0 Å². The molecule has 3 rings (SSSR count). The highest BCUT2D eigenvalue weighted by Gasteiger charge is 2.17. The Bertz CT molecular complexity index is 588. The van der Waals surface area contributed by atoms with Gasteiger partial charge < -0.3 is 15.4 Å². The third kappa shape index (κ3) is 5.75. The molecule has 2 saturated carbocycles. The SMILES string of the molecule is O=C(COc1ccc(C(=O)NC2CCCCC2)cc1)NC1CCCCC1. The molecular weight excluding hydrogens is 328 g/mol. The Kier molecular flexibility index (Phi) is 6.92. The molecule has 2 amide bonds. The van der Waals surface area contributed by atoms with Crippen LogP contribution in [0.1, 0.15) is 74.6 Å². The minimum absolute atomic E-state index is 0.0180. The van der Waals surface area contributed by atoms with Crippen LogP contribution in [-0.4, -0.2) is 30.5 Å². The van der Waals surface area contributed by atoms with Gasteiger partial charge in [-0.1, -0.05) is 38.5 Å². The normalized spacial score (nSPS) is 18.9. The third-order valence-electron chi connectivity index (χ3n) is 5.40. The second kappa shape index (κ2) is 9.60. The first kappa shape index (κ1) is 18.7. The average molecular weight is 358 g/mol. The van der Waals surface area contributed by atoms with Gasteiger partial charge >= 0.3 is 0 Å². The summed E-state index contributed by atoms with van der Waals surface area (Å²) in [6.07, 6.45) is 11.6. The largest absolute Gasteiger partial charge is 0.484 e. The second-order valence-corrected chi connectivity index (χ2v) is 7.52. The predicted octanol–water partition coefficient (Wildman–Crippen LogP) is 3.58. The fourth-order valence-electron chi connectivity index (χ4n) is 3.88. The van der Waals surface area contributed by atoms with Gasteiger partial charge in [0.25, 0.3) is 11.8 Å². The van der Waals surface area contributed by atoms with Gasteiger partial charge in [-0.25, -0.2) is 0 Å². The number of nitrogens with one attached hydrogen (secondary N) is 2. The molecule has 1 aromatic rings. The molecule has 0 aliphatic heterocycles. The Morgan fingerprint density at radius 3 is 1.92 bits per heavy atom. The minimum Gasteiger partial charge on any atom is -0.484 e. The number of amides is 2. The number of rotatable bonds is 6. The molecule has 0 spiro atoms. The van der Waals surface area contributed by atoms with Crippen LogP contribution in [0.3, 0.4) is 0 Å². The summed E-state index contributed by atoms with van der Waals surface area (Å²) in [4.78, 5) is 24.3. The zero-order valence-corrected chi connectivity index (χ0v) is 15.5. The highest BCUT2D eigenvalue weighted by molar-refractivity contribution is 5.94. The zero-order chi connectivity index (χ0) is 18.2. The Labute approximate surface area is 155 Å². The van der Waals surface area contributed by atoms with Gasteiger partial charge in [-0.3, -0.25) is 9.59 Å². The maximum absolute atomic E-state index is 12.3. The van der Waals surface area contributed by atoms with E-state index in [9.17, 15) is 9.59 Å². The third-order valence-corrected chi connectivity index (χ3v) is 5.40. The average Bonchev–Trinajstić information content (AvgIpc) is 2.68. The van der Waals surface area contributed by atoms with E-state index >= 15 is 0 Å². The van der Waals surface area contributed by atoms with E-state index in [1.807, 2.05) is 0 Å². The topological polar surface area (TPSA) is 67.4 Å². The molecule has 2 aliphatic rings. The van der Waals surface area contributed by atoms with Crippen LogP contribution >= 0.6 is 0 Å². The van der Waals surface area contributed by atoms with E-state index in [-0.39, 0.29) is 18.4 Å². The van der Waals surface area contributed by atoms with E-state index < -0.39 is 0 Å². The lowest BCUT2D eigenvalue weighted by Gasteiger charge is -2.23. The van der Waals surface area contributed by atoms with Gasteiger partial charge in [-0.15, -0.1) is 0 Å². The summed E-state index contributed by atoms with van der Waals surface area (Å²) in [5.74, 6) is 0.507. The Morgan fingerprint density at radius 2 is 1.35 bits per heavy atom. The van der Waals surface area contributed by atoms with Crippen LogP contribution in [-0.2, 0) is 4.79 Å². The monoisotopic (exact) mass is 358 g/mol. The van der Waals surface area contributed by atoms with Crippen molar-refractivity contribution < 1.29 is 14.3 Å². The number of hydrogen-bond acceptors (Lipinski definition) is 3. The van der Waals surface area contributed by atoms with E-state index in [2.05, 4.69) is 10.6 Å². The molecule has 26 heavy (non-hydrogen) atoms. The van der Waals surface area contributed by atoms with Gasteiger partial charge in [-0.05, 0) is 49.9 Å². The molecule has 0 heterocycles. The maximum Gasteiger partial charge on any atom is 0.258 e. The first-order chi connectivity index (χ1) is 12.7. The van der Waals surface area contributed by atoms with Crippen LogP contribution in [0.25, 0.3) is 0 Å². The standard InChI is InChI=1S/C21H30N2O3/c24-20(22-17-7-3-1-4-8-17)15-26-19-13-11-16(12-14-19)21(25)23-18-9-5-2-6-10-18/h11-14,17-18H,1-10,15H2,(H,22,24)(H,23,25). The summed E-state index contributed by atoms with van der Waals surface area (Å²) >= 11 is 0. The minimum atomic E-state index is -0.0731. The van der Waals surface area contributed by atoms with Crippen LogP contribution < -0.4 is 15.4 Å². The summed E-state index contributed by atoms with van der Waals surface area (Å²) in [6, 6.07) is 7.62. The highest BCUT2D eigenvalue weighted by atomic mass is 16.5. The number of hydrogen-bond donors (Lipinski definition) is 2. The van der Waals surface area contributed by atoms with Crippen molar-refractivity contribution in [2.24, 2.45) is 0 Å². The fraction of sp³-hybridized carbons (Fsp3) is 0.619. The molecule has 2 fully saturated rings. The van der Waals surface area contributed by atoms with Crippen LogP contribution in [0.5, 0.6) is 5.75 Å². The fourth-order valence-corrected chi connectivity index (χ4v) is 3.88. The summed E-state index contributed by atoms with van der Waals surface area (Å²) in [7, 11) is 0. The van der Waals surface area contributed by atoms with Gasteiger partial charge in [0.1, 0.15) is 5.75 Å². The van der Waals surface area contributed by atoms with Crippen LogP contribution in [0.2, 0.25) is 0 Å². The lowest BCUT2D eigenvalue weighted by molar-refractivity contribution is -0.124. The molecule has 1 aromatic carbocycles. The second-order valence-electron chi connectivity index (χ2n) is 7.52. The van der Waals surface area contributed by atoms with Crippen LogP contribution in [0.15, 0.2) is 24.3 Å². The van der Waals surface area contributed by atoms with Crippen molar-refractivity contribution in [3.63, 3.8) is 0 Å². The van der Waals surface area contributed by atoms with Crippen LogP contribution in [0, 0.1) is 0 Å². The van der Waals surface area contributed by atoms with Gasteiger partial charge in [0.15, 0.2) is 6.61 Å². The lowest BCUT2D eigenvalue weighted by Crippen LogP contribution is -2.39. The van der Waals surface area contributed by atoms with E-state index in [0.29, 0.717) is 23.4 Å². The number of carbonyl (C=O) groups excluding carboxylic acids is 2. The number of ether oxygens (including phenoxy) is 1. The van der Waals surface area contributed by atoms with E-state index in [4.69, 9.17) is 4.74 Å². The molecule has 0 atom stereocenters. The van der Waals surface area contributed by atoms with E-state index in [0.717, 1.165) is 25.7 Å². The van der Waals surface area contributed by atoms with Crippen molar-refractivity contribution in [2.75, 3.05) is 6.61 Å². The first-order valence-corrected chi connectivity index (χ1v) is 10.0. The Balaban J connectivity index is 1.41. The molecular formula is C21H30N2O3. The van der Waals surface area contributed by atoms with Gasteiger partial charge in [-0.2, -0.15) is 0 Å². The number of carbonyl (C=O) groups is 2. The van der Waals surface area contributed by atoms with Gasteiger partial charge in [0.05, 0.1) is 0 Å². The molecule has 2 N–H and O–H groups in total. The van der Waals surface area contributed by atoms with Crippen molar-refractivity contribution in [2.45, 2.75) is 76.3 Å². The summed E-state index contributed by atoms with van der Waals surface area (Å²) in [6.45, 7) is 0.0180. The van der Waals surface area contributed by atoms with Gasteiger partial charge in [0, 0.05) is 17.6 Å². The number of benzene rings is 1. The summed E-state index contributed by atoms with van der Waals surface area (Å²) in [5, 5.41) is 6.14. The van der Waals surface area contributed by atoms with Crippen molar-refractivity contribution >= 4 is 11.8 Å². The van der Waals surface area contributed by atoms with Crippen molar-refractivity contribution in [1.82, 2.24) is 10.6 Å². The molecule has 5 heteroatoms. The van der Waals surface area contributed by atoms with Gasteiger partial charge in [0.2, 0.25) is 0 Å². The summed E-state index contributed by atoms with van der Waals surface area (Å²) in [5.41, 5.74) is 0.634. The lowest BCUT2D eigenvalue weighted by atomic mass is 9.95. The molecule has 142 valence electrons.